The summed E-state index contributed by atoms with van der Waals surface area (Å²) in [5.74, 6) is -1.12. The summed E-state index contributed by atoms with van der Waals surface area (Å²) in [5, 5.41) is 17.9. The number of carbonyl (C=O) groups is 1. The topological polar surface area (TPSA) is 60.8 Å². The number of piperidine rings is 1. The lowest BCUT2D eigenvalue weighted by atomic mass is 9.98. The van der Waals surface area contributed by atoms with Gasteiger partial charge in [-0.25, -0.2) is 4.79 Å². The number of aliphatic carboxylic acids is 1. The van der Waals surface area contributed by atoms with Crippen molar-refractivity contribution in [1.82, 2.24) is 4.90 Å². The van der Waals surface area contributed by atoms with Crippen LogP contribution in [-0.2, 0) is 4.79 Å². The van der Waals surface area contributed by atoms with Crippen molar-refractivity contribution in [3.05, 3.63) is 0 Å². The molecule has 4 heteroatoms. The molecular formula is C8H15NO3. The minimum atomic E-state index is -1.23. The molecule has 2 N–H and O–H groups in total. The van der Waals surface area contributed by atoms with Crippen LogP contribution in [0.4, 0.5) is 0 Å². The summed E-state index contributed by atoms with van der Waals surface area (Å²) in [7, 11) is 1.86. The van der Waals surface area contributed by atoms with E-state index in [9.17, 15) is 9.90 Å². The summed E-state index contributed by atoms with van der Waals surface area (Å²) < 4.78 is 0. The van der Waals surface area contributed by atoms with Gasteiger partial charge in [0.25, 0.3) is 0 Å². The smallest absolute Gasteiger partial charge is 0.334 e. The fraction of sp³-hybridized carbons (Fsp3) is 0.875. The van der Waals surface area contributed by atoms with Gasteiger partial charge in [0.1, 0.15) is 0 Å². The van der Waals surface area contributed by atoms with Crippen molar-refractivity contribution in [2.45, 2.75) is 31.4 Å². The molecule has 1 heterocycles. The zero-order chi connectivity index (χ0) is 9.14. The molecule has 70 valence electrons. The third-order valence-corrected chi connectivity index (χ3v) is 2.44. The first kappa shape index (κ1) is 9.48. The molecular weight excluding hydrogens is 158 g/mol. The Labute approximate surface area is 71.8 Å². The van der Waals surface area contributed by atoms with E-state index in [1.54, 1.807) is 0 Å². The van der Waals surface area contributed by atoms with Gasteiger partial charge in [0.2, 0.25) is 0 Å². The van der Waals surface area contributed by atoms with Gasteiger partial charge in [0.15, 0.2) is 6.10 Å². The average Bonchev–Trinajstić information content (AvgIpc) is 2.04. The second-order valence-electron chi connectivity index (χ2n) is 3.33. The van der Waals surface area contributed by atoms with Gasteiger partial charge in [0, 0.05) is 6.04 Å². The maximum absolute atomic E-state index is 10.5. The molecule has 1 fully saturated rings. The Kier molecular flexibility index (Phi) is 3.05. The molecule has 0 spiro atoms. The van der Waals surface area contributed by atoms with Gasteiger partial charge in [-0.3, -0.25) is 0 Å². The fourth-order valence-electron chi connectivity index (χ4n) is 1.66. The number of nitrogens with zero attached hydrogens (tertiary/aromatic N) is 1. The first-order valence-electron chi connectivity index (χ1n) is 4.24. The van der Waals surface area contributed by atoms with Gasteiger partial charge >= 0.3 is 5.97 Å². The summed E-state index contributed by atoms with van der Waals surface area (Å²) in [6.45, 7) is 0.884. The van der Waals surface area contributed by atoms with Crippen molar-refractivity contribution in [2.75, 3.05) is 13.6 Å². The van der Waals surface area contributed by atoms with Crippen LogP contribution in [0.1, 0.15) is 19.3 Å². The van der Waals surface area contributed by atoms with Crippen molar-refractivity contribution < 1.29 is 15.0 Å². The number of aliphatic hydroxyl groups excluding tert-OH is 1. The molecule has 0 aromatic rings. The van der Waals surface area contributed by atoms with E-state index < -0.39 is 12.1 Å². The molecule has 0 aliphatic carbocycles. The molecule has 12 heavy (non-hydrogen) atoms. The summed E-state index contributed by atoms with van der Waals surface area (Å²) >= 11 is 0. The minimum Gasteiger partial charge on any atom is -0.479 e. The van der Waals surface area contributed by atoms with Gasteiger partial charge in [-0.2, -0.15) is 0 Å². The van der Waals surface area contributed by atoms with Gasteiger partial charge in [-0.15, -0.1) is 0 Å². The number of carboxylic acid groups (broad SMARTS) is 1. The van der Waals surface area contributed by atoms with Crippen LogP contribution in [0.2, 0.25) is 0 Å². The molecule has 0 radical (unpaired) electrons. The monoisotopic (exact) mass is 173 g/mol. The molecule has 2 atom stereocenters. The van der Waals surface area contributed by atoms with Crippen LogP contribution in [0, 0.1) is 0 Å². The fourth-order valence-corrected chi connectivity index (χ4v) is 1.66. The maximum atomic E-state index is 10.5. The van der Waals surface area contributed by atoms with Crippen molar-refractivity contribution in [3.8, 4) is 0 Å². The van der Waals surface area contributed by atoms with Gasteiger partial charge < -0.3 is 15.1 Å². The lowest BCUT2D eigenvalue weighted by Crippen LogP contribution is -2.47. The second kappa shape index (κ2) is 3.87. The van der Waals surface area contributed by atoms with Crippen LogP contribution in [0.5, 0.6) is 0 Å². The van der Waals surface area contributed by atoms with E-state index >= 15 is 0 Å². The molecule has 1 saturated heterocycles. The molecule has 0 amide bonds. The van der Waals surface area contributed by atoms with E-state index in [1.165, 1.54) is 0 Å². The lowest BCUT2D eigenvalue weighted by molar-refractivity contribution is -0.151. The number of likely N-dealkylation sites (N-methyl/N-ethyl adjacent to an activating group) is 1. The van der Waals surface area contributed by atoms with Gasteiger partial charge in [-0.1, -0.05) is 6.42 Å². The summed E-state index contributed by atoms with van der Waals surface area (Å²) in [6.07, 6.45) is 1.66. The molecule has 0 saturated carbocycles. The van der Waals surface area contributed by atoms with Crippen molar-refractivity contribution in [1.29, 1.82) is 0 Å². The quantitative estimate of drug-likeness (QED) is 0.613. The molecule has 0 bridgehead atoms. The Hall–Kier alpha value is -0.610. The Morgan fingerprint density at radius 1 is 1.58 bits per heavy atom. The van der Waals surface area contributed by atoms with Gasteiger partial charge in [0.05, 0.1) is 0 Å². The number of hydrogen-bond donors (Lipinski definition) is 2. The highest BCUT2D eigenvalue weighted by atomic mass is 16.4. The number of rotatable bonds is 2. The highest BCUT2D eigenvalue weighted by molar-refractivity contribution is 5.72. The second-order valence-corrected chi connectivity index (χ2v) is 3.33. The van der Waals surface area contributed by atoms with Crippen LogP contribution in [0.15, 0.2) is 0 Å². The SMILES string of the molecule is CN1CCCCC1C(O)C(=O)O. The van der Waals surface area contributed by atoms with E-state index in [-0.39, 0.29) is 6.04 Å². The summed E-state index contributed by atoms with van der Waals surface area (Å²) in [6, 6.07) is -0.198. The summed E-state index contributed by atoms with van der Waals surface area (Å²) in [5.41, 5.74) is 0. The number of likely N-dealkylation sites (tertiary alicyclic amines) is 1. The Morgan fingerprint density at radius 3 is 2.75 bits per heavy atom. The van der Waals surface area contributed by atoms with Crippen molar-refractivity contribution in [3.63, 3.8) is 0 Å². The molecule has 1 aliphatic heterocycles. The number of carboxylic acids is 1. The zero-order valence-corrected chi connectivity index (χ0v) is 7.23. The molecule has 0 aromatic heterocycles. The first-order chi connectivity index (χ1) is 5.63. The van der Waals surface area contributed by atoms with Crippen molar-refractivity contribution in [2.24, 2.45) is 0 Å². The highest BCUT2D eigenvalue weighted by Crippen LogP contribution is 2.17. The van der Waals surface area contributed by atoms with Crippen LogP contribution in [0.25, 0.3) is 0 Å². The van der Waals surface area contributed by atoms with Crippen LogP contribution in [0.3, 0.4) is 0 Å². The zero-order valence-electron chi connectivity index (χ0n) is 7.23. The molecule has 2 unspecified atom stereocenters. The summed E-state index contributed by atoms with van der Waals surface area (Å²) in [4.78, 5) is 12.4. The Bertz CT molecular complexity index is 172. The third-order valence-electron chi connectivity index (χ3n) is 2.44. The predicted octanol–water partition coefficient (Wildman–Crippen LogP) is -0.0838. The Balaban J connectivity index is 2.53. The highest BCUT2D eigenvalue weighted by Gasteiger charge is 2.30. The van der Waals surface area contributed by atoms with E-state index in [2.05, 4.69) is 0 Å². The van der Waals surface area contributed by atoms with E-state index in [1.807, 2.05) is 11.9 Å². The maximum Gasteiger partial charge on any atom is 0.334 e. The predicted molar refractivity (Wildman–Crippen MR) is 43.9 cm³/mol. The largest absolute Gasteiger partial charge is 0.479 e. The van der Waals surface area contributed by atoms with E-state index in [0.29, 0.717) is 0 Å². The number of hydrogen-bond acceptors (Lipinski definition) is 3. The van der Waals surface area contributed by atoms with Crippen LogP contribution >= 0.6 is 0 Å². The third kappa shape index (κ3) is 1.95. The van der Waals surface area contributed by atoms with E-state index in [0.717, 1.165) is 25.8 Å². The minimum absolute atomic E-state index is 0.198. The van der Waals surface area contributed by atoms with Crippen LogP contribution in [-0.4, -0.2) is 46.8 Å². The normalized spacial score (nSPS) is 28.3. The first-order valence-corrected chi connectivity index (χ1v) is 4.24. The lowest BCUT2D eigenvalue weighted by Gasteiger charge is -2.33. The average molecular weight is 173 g/mol. The molecule has 1 rings (SSSR count). The molecule has 0 aromatic carbocycles. The standard InChI is InChI=1S/C8H15NO3/c1-9-5-3-2-4-6(9)7(10)8(11)12/h6-7,10H,2-5H2,1H3,(H,11,12). The van der Waals surface area contributed by atoms with Crippen LogP contribution < -0.4 is 0 Å². The van der Waals surface area contributed by atoms with E-state index in [4.69, 9.17) is 5.11 Å². The van der Waals surface area contributed by atoms with Crippen molar-refractivity contribution >= 4 is 5.97 Å². The van der Waals surface area contributed by atoms with Gasteiger partial charge in [-0.05, 0) is 26.4 Å². The Morgan fingerprint density at radius 2 is 2.25 bits per heavy atom. The number of aliphatic hydroxyl groups is 1. The molecule has 1 aliphatic rings. The molecule has 4 nitrogen and oxygen atoms in total.